The lowest BCUT2D eigenvalue weighted by molar-refractivity contribution is 0.356. The largest absolute Gasteiger partial charge is 0.331 e. The van der Waals surface area contributed by atoms with Crippen LogP contribution in [-0.2, 0) is 13.0 Å². The van der Waals surface area contributed by atoms with Gasteiger partial charge in [-0.15, -0.1) is 0 Å². The van der Waals surface area contributed by atoms with Crippen LogP contribution < -0.4 is 5.32 Å². The van der Waals surface area contributed by atoms with Crippen LogP contribution in [0.1, 0.15) is 50.5 Å². The molecule has 1 aromatic rings. The second kappa shape index (κ2) is 3.59. The van der Waals surface area contributed by atoms with Gasteiger partial charge in [0.1, 0.15) is 0 Å². The number of hydrogen-bond acceptors (Lipinski definition) is 2. The maximum atomic E-state index is 4.55. The lowest BCUT2D eigenvalue weighted by Crippen LogP contribution is -2.25. The molecule has 3 heteroatoms. The first kappa shape index (κ1) is 10.3. The van der Waals surface area contributed by atoms with Crippen LogP contribution in [0, 0.1) is 5.41 Å². The van der Waals surface area contributed by atoms with E-state index in [2.05, 4.69) is 35.0 Å². The smallest absolute Gasteiger partial charge is 0.0954 e. The fraction of sp³-hybridized carbons (Fsp3) is 0.769. The van der Waals surface area contributed by atoms with E-state index in [4.69, 9.17) is 0 Å². The molecule has 16 heavy (non-hydrogen) atoms. The number of nitrogens with zero attached hydrogens (tertiary/aromatic N) is 2. The van der Waals surface area contributed by atoms with E-state index in [0.717, 1.165) is 19.5 Å². The maximum Gasteiger partial charge on any atom is 0.0954 e. The highest BCUT2D eigenvalue weighted by Gasteiger charge is 2.33. The van der Waals surface area contributed by atoms with E-state index in [0.29, 0.717) is 11.5 Å². The summed E-state index contributed by atoms with van der Waals surface area (Å²) in [6.45, 7) is 6.84. The summed E-state index contributed by atoms with van der Waals surface area (Å²) in [5.74, 6) is 0. The molecule has 1 fully saturated rings. The highest BCUT2D eigenvalue weighted by molar-refractivity contribution is 5.17. The molecule has 1 aliphatic heterocycles. The van der Waals surface area contributed by atoms with Crippen LogP contribution in [0.5, 0.6) is 0 Å². The maximum absolute atomic E-state index is 4.55. The summed E-state index contributed by atoms with van der Waals surface area (Å²) in [5, 5.41) is 3.39. The summed E-state index contributed by atoms with van der Waals surface area (Å²) < 4.78 is 2.46. The Balaban J connectivity index is 1.87. The summed E-state index contributed by atoms with van der Waals surface area (Å²) in [6.07, 6.45) is 7.20. The summed E-state index contributed by atoms with van der Waals surface area (Å²) in [4.78, 5) is 4.55. The van der Waals surface area contributed by atoms with Gasteiger partial charge < -0.3 is 9.88 Å². The number of rotatable bonds is 1. The Morgan fingerprint density at radius 2 is 2.38 bits per heavy atom. The summed E-state index contributed by atoms with van der Waals surface area (Å²) in [5.41, 5.74) is 3.28. The quantitative estimate of drug-likeness (QED) is 0.785. The zero-order valence-electron chi connectivity index (χ0n) is 10.3. The standard InChI is InChI=1S/C13H21N3/c1-13(2)5-3-10(7-13)16-9-15-11-8-14-6-4-12(11)16/h9-10,14H,3-8H2,1-2H3. The molecular formula is C13H21N3. The summed E-state index contributed by atoms with van der Waals surface area (Å²) in [7, 11) is 0. The van der Waals surface area contributed by atoms with Crippen LogP contribution in [0.25, 0.3) is 0 Å². The third-order valence-electron chi connectivity index (χ3n) is 4.15. The molecule has 0 aromatic carbocycles. The molecule has 0 bridgehead atoms. The number of nitrogens with one attached hydrogen (secondary N) is 1. The van der Waals surface area contributed by atoms with Crippen LogP contribution >= 0.6 is 0 Å². The minimum Gasteiger partial charge on any atom is -0.331 e. The molecule has 1 aliphatic carbocycles. The van der Waals surface area contributed by atoms with E-state index in [1.165, 1.54) is 30.7 Å². The Hall–Kier alpha value is -0.830. The first-order chi connectivity index (χ1) is 7.66. The molecule has 1 unspecified atom stereocenters. The molecule has 2 aliphatic rings. The molecule has 3 rings (SSSR count). The zero-order valence-corrected chi connectivity index (χ0v) is 10.3. The Morgan fingerprint density at radius 1 is 1.50 bits per heavy atom. The van der Waals surface area contributed by atoms with Crippen molar-refractivity contribution in [2.75, 3.05) is 6.54 Å². The van der Waals surface area contributed by atoms with Gasteiger partial charge >= 0.3 is 0 Å². The molecule has 88 valence electrons. The van der Waals surface area contributed by atoms with Crippen molar-refractivity contribution in [2.24, 2.45) is 5.41 Å². The first-order valence-corrected chi connectivity index (χ1v) is 6.41. The Labute approximate surface area is 97.3 Å². The lowest BCUT2D eigenvalue weighted by atomic mass is 9.92. The molecule has 0 radical (unpaired) electrons. The SMILES string of the molecule is CC1(C)CCC(n2cnc3c2CCNC3)C1. The number of imidazole rings is 1. The van der Waals surface area contributed by atoms with Gasteiger partial charge in [0.05, 0.1) is 12.0 Å². The average molecular weight is 219 g/mol. The van der Waals surface area contributed by atoms with Gasteiger partial charge in [-0.05, 0) is 24.7 Å². The van der Waals surface area contributed by atoms with Crippen molar-refractivity contribution < 1.29 is 0 Å². The normalized spacial score (nSPS) is 28.0. The fourth-order valence-electron chi connectivity index (χ4n) is 3.21. The highest BCUT2D eigenvalue weighted by atomic mass is 15.1. The predicted octanol–water partition coefficient (Wildman–Crippen LogP) is 2.28. The van der Waals surface area contributed by atoms with E-state index in [1.54, 1.807) is 0 Å². The van der Waals surface area contributed by atoms with E-state index in [9.17, 15) is 0 Å². The lowest BCUT2D eigenvalue weighted by Gasteiger charge is -2.21. The Morgan fingerprint density at radius 3 is 3.12 bits per heavy atom. The average Bonchev–Trinajstić information content (AvgIpc) is 2.81. The van der Waals surface area contributed by atoms with Crippen LogP contribution in [0.15, 0.2) is 6.33 Å². The van der Waals surface area contributed by atoms with E-state index in [-0.39, 0.29) is 0 Å². The third-order valence-corrected chi connectivity index (χ3v) is 4.15. The zero-order chi connectivity index (χ0) is 11.2. The van der Waals surface area contributed by atoms with E-state index in [1.807, 2.05) is 0 Å². The van der Waals surface area contributed by atoms with E-state index >= 15 is 0 Å². The topological polar surface area (TPSA) is 29.9 Å². The monoisotopic (exact) mass is 219 g/mol. The van der Waals surface area contributed by atoms with Crippen molar-refractivity contribution in [1.29, 1.82) is 0 Å². The molecule has 0 saturated heterocycles. The molecular weight excluding hydrogens is 198 g/mol. The summed E-state index contributed by atoms with van der Waals surface area (Å²) in [6, 6.07) is 0.698. The van der Waals surface area contributed by atoms with Gasteiger partial charge in [-0.25, -0.2) is 4.98 Å². The van der Waals surface area contributed by atoms with Gasteiger partial charge in [-0.3, -0.25) is 0 Å². The van der Waals surface area contributed by atoms with Gasteiger partial charge in [0.2, 0.25) is 0 Å². The van der Waals surface area contributed by atoms with Crippen LogP contribution in [0.3, 0.4) is 0 Å². The van der Waals surface area contributed by atoms with Crippen molar-refractivity contribution in [3.05, 3.63) is 17.7 Å². The Kier molecular flexibility index (Phi) is 2.32. The summed E-state index contributed by atoms with van der Waals surface area (Å²) >= 11 is 0. The Bertz CT molecular complexity index is 392. The second-order valence-corrected chi connectivity index (χ2v) is 6.03. The fourth-order valence-corrected chi connectivity index (χ4v) is 3.21. The van der Waals surface area contributed by atoms with Crippen molar-refractivity contribution in [1.82, 2.24) is 14.9 Å². The van der Waals surface area contributed by atoms with Crippen molar-refractivity contribution in [3.63, 3.8) is 0 Å². The van der Waals surface area contributed by atoms with Crippen molar-refractivity contribution in [2.45, 2.75) is 52.1 Å². The van der Waals surface area contributed by atoms with Crippen molar-refractivity contribution in [3.8, 4) is 0 Å². The third kappa shape index (κ3) is 1.67. The van der Waals surface area contributed by atoms with Crippen LogP contribution in [0.4, 0.5) is 0 Å². The van der Waals surface area contributed by atoms with Gasteiger partial charge in [0.25, 0.3) is 0 Å². The molecule has 0 amide bonds. The number of fused-ring (bicyclic) bond motifs is 1. The number of hydrogen-bond donors (Lipinski definition) is 1. The van der Waals surface area contributed by atoms with Crippen molar-refractivity contribution >= 4 is 0 Å². The molecule has 2 heterocycles. The van der Waals surface area contributed by atoms with Gasteiger partial charge in [0.15, 0.2) is 0 Å². The molecule has 1 saturated carbocycles. The molecule has 0 spiro atoms. The van der Waals surface area contributed by atoms with Gasteiger partial charge in [0, 0.05) is 31.2 Å². The molecule has 1 aromatic heterocycles. The van der Waals surface area contributed by atoms with Crippen LogP contribution in [0.2, 0.25) is 0 Å². The minimum absolute atomic E-state index is 0.523. The second-order valence-electron chi connectivity index (χ2n) is 6.03. The number of aromatic nitrogens is 2. The minimum atomic E-state index is 0.523. The van der Waals surface area contributed by atoms with Gasteiger partial charge in [-0.2, -0.15) is 0 Å². The van der Waals surface area contributed by atoms with E-state index < -0.39 is 0 Å². The predicted molar refractivity (Wildman–Crippen MR) is 64.3 cm³/mol. The highest BCUT2D eigenvalue weighted by Crippen LogP contribution is 2.44. The molecule has 3 nitrogen and oxygen atoms in total. The molecule has 1 atom stereocenters. The van der Waals surface area contributed by atoms with Crippen LogP contribution in [-0.4, -0.2) is 16.1 Å². The molecule has 1 N–H and O–H groups in total. The first-order valence-electron chi connectivity index (χ1n) is 6.41. The van der Waals surface area contributed by atoms with Gasteiger partial charge in [-0.1, -0.05) is 13.8 Å².